The van der Waals surface area contributed by atoms with E-state index in [4.69, 9.17) is 4.42 Å². The van der Waals surface area contributed by atoms with Gasteiger partial charge < -0.3 is 14.2 Å². The van der Waals surface area contributed by atoms with Crippen molar-refractivity contribution >= 4 is 11.7 Å². The van der Waals surface area contributed by atoms with Crippen LogP contribution in [0.25, 0.3) is 11.3 Å². The number of carbonyl (C=O) groups is 1. The van der Waals surface area contributed by atoms with E-state index in [1.807, 2.05) is 43.3 Å². The number of anilines is 1. The van der Waals surface area contributed by atoms with Crippen molar-refractivity contribution in [3.05, 3.63) is 53.7 Å². The lowest BCUT2D eigenvalue weighted by molar-refractivity contribution is 0.0772. The molecule has 0 atom stereocenters. The van der Waals surface area contributed by atoms with Gasteiger partial charge in [-0.2, -0.15) is 0 Å². The van der Waals surface area contributed by atoms with E-state index in [0.717, 1.165) is 11.4 Å². The molecule has 0 aliphatic carbocycles. The standard InChI is InChI=1S/C18H20N6O2/c1-12-19-22-17(26-12)11-24(4)18(25)14-7-5-6-13(10-14)15-8-9-16(21-20-15)23(2)3/h5-10H,11H2,1-4H3. The largest absolute Gasteiger partial charge is 0.424 e. The molecule has 26 heavy (non-hydrogen) atoms. The summed E-state index contributed by atoms with van der Waals surface area (Å²) < 4.78 is 5.33. The van der Waals surface area contributed by atoms with E-state index < -0.39 is 0 Å². The van der Waals surface area contributed by atoms with Gasteiger partial charge in [0.1, 0.15) is 0 Å². The van der Waals surface area contributed by atoms with Crippen molar-refractivity contribution in [1.29, 1.82) is 0 Å². The summed E-state index contributed by atoms with van der Waals surface area (Å²) in [5.74, 6) is 1.51. The highest BCUT2D eigenvalue weighted by atomic mass is 16.4. The van der Waals surface area contributed by atoms with Crippen molar-refractivity contribution < 1.29 is 9.21 Å². The highest BCUT2D eigenvalue weighted by Crippen LogP contribution is 2.20. The quantitative estimate of drug-likeness (QED) is 0.695. The summed E-state index contributed by atoms with van der Waals surface area (Å²) in [5.41, 5.74) is 2.09. The van der Waals surface area contributed by atoms with Gasteiger partial charge in [0.15, 0.2) is 5.82 Å². The van der Waals surface area contributed by atoms with Crippen molar-refractivity contribution in [2.24, 2.45) is 0 Å². The molecule has 0 aliphatic rings. The molecule has 2 heterocycles. The summed E-state index contributed by atoms with van der Waals surface area (Å²) in [6.07, 6.45) is 0. The Kier molecular flexibility index (Phi) is 4.92. The van der Waals surface area contributed by atoms with E-state index >= 15 is 0 Å². The molecule has 3 aromatic rings. The Hall–Kier alpha value is -3.29. The van der Waals surface area contributed by atoms with Gasteiger partial charge >= 0.3 is 0 Å². The van der Waals surface area contributed by atoms with Crippen LogP contribution >= 0.6 is 0 Å². The maximum atomic E-state index is 12.7. The predicted molar refractivity (Wildman–Crippen MR) is 96.6 cm³/mol. The molecule has 3 rings (SSSR count). The summed E-state index contributed by atoms with van der Waals surface area (Å²) in [7, 11) is 5.51. The van der Waals surface area contributed by atoms with Gasteiger partial charge in [-0.1, -0.05) is 12.1 Å². The molecule has 2 aromatic heterocycles. The first-order valence-electron chi connectivity index (χ1n) is 8.10. The van der Waals surface area contributed by atoms with Crippen LogP contribution in [0.2, 0.25) is 0 Å². The SMILES string of the molecule is Cc1nnc(CN(C)C(=O)c2cccc(-c3ccc(N(C)C)nn3)c2)o1. The molecule has 0 saturated carbocycles. The molecule has 1 aromatic carbocycles. The van der Waals surface area contributed by atoms with Gasteiger partial charge in [0.2, 0.25) is 11.8 Å². The highest BCUT2D eigenvalue weighted by molar-refractivity contribution is 5.95. The zero-order valence-electron chi connectivity index (χ0n) is 15.2. The van der Waals surface area contributed by atoms with Crippen LogP contribution < -0.4 is 4.90 Å². The number of benzene rings is 1. The summed E-state index contributed by atoms with van der Waals surface area (Å²) >= 11 is 0. The summed E-state index contributed by atoms with van der Waals surface area (Å²) in [6, 6.07) is 11.1. The average molecular weight is 352 g/mol. The molecule has 8 nitrogen and oxygen atoms in total. The summed E-state index contributed by atoms with van der Waals surface area (Å²) in [6.45, 7) is 1.96. The lowest BCUT2D eigenvalue weighted by Crippen LogP contribution is -2.26. The maximum absolute atomic E-state index is 12.7. The third kappa shape index (κ3) is 3.85. The van der Waals surface area contributed by atoms with Crippen molar-refractivity contribution in [2.75, 3.05) is 26.0 Å². The zero-order chi connectivity index (χ0) is 18.7. The van der Waals surface area contributed by atoms with Gasteiger partial charge in [0, 0.05) is 39.2 Å². The molecule has 134 valence electrons. The average Bonchev–Trinajstić information content (AvgIpc) is 3.06. The number of carbonyl (C=O) groups excluding carboxylic acids is 1. The molecule has 0 bridgehead atoms. The molecule has 0 unspecified atom stereocenters. The fraction of sp³-hybridized carbons (Fsp3) is 0.278. The van der Waals surface area contributed by atoms with Crippen LogP contribution in [-0.2, 0) is 6.54 Å². The van der Waals surface area contributed by atoms with Crippen LogP contribution in [0.15, 0.2) is 40.8 Å². The van der Waals surface area contributed by atoms with Crippen molar-refractivity contribution in [3.63, 3.8) is 0 Å². The van der Waals surface area contributed by atoms with Gasteiger partial charge in [0.25, 0.3) is 5.91 Å². The van der Waals surface area contributed by atoms with Crippen LogP contribution in [0.3, 0.4) is 0 Å². The van der Waals surface area contributed by atoms with E-state index in [1.165, 1.54) is 4.90 Å². The normalized spacial score (nSPS) is 10.6. The molecule has 0 fully saturated rings. The minimum Gasteiger partial charge on any atom is -0.424 e. The number of aromatic nitrogens is 4. The van der Waals surface area contributed by atoms with Crippen LogP contribution in [-0.4, -0.2) is 52.3 Å². The number of aryl methyl sites for hydroxylation is 1. The Morgan fingerprint density at radius 1 is 1.04 bits per heavy atom. The van der Waals surface area contributed by atoms with Crippen LogP contribution in [0.5, 0.6) is 0 Å². The first kappa shape index (κ1) is 17.5. The Morgan fingerprint density at radius 2 is 1.85 bits per heavy atom. The monoisotopic (exact) mass is 352 g/mol. The third-order valence-electron chi connectivity index (χ3n) is 3.80. The Bertz CT molecular complexity index is 904. The smallest absolute Gasteiger partial charge is 0.254 e. The molecule has 0 N–H and O–H groups in total. The molecule has 0 spiro atoms. The Labute approximate surface area is 151 Å². The number of nitrogens with zero attached hydrogens (tertiary/aromatic N) is 6. The molecule has 0 saturated heterocycles. The molecule has 1 amide bonds. The second kappa shape index (κ2) is 7.30. The first-order valence-corrected chi connectivity index (χ1v) is 8.10. The van der Waals surface area contributed by atoms with Gasteiger partial charge in [-0.25, -0.2) is 0 Å². The topological polar surface area (TPSA) is 88.3 Å². The Morgan fingerprint density at radius 3 is 2.46 bits per heavy atom. The van der Waals surface area contributed by atoms with Crippen LogP contribution in [0, 0.1) is 6.92 Å². The number of hydrogen-bond donors (Lipinski definition) is 0. The fourth-order valence-corrected chi connectivity index (χ4v) is 2.43. The number of amides is 1. The molecule has 0 radical (unpaired) electrons. The van der Waals surface area contributed by atoms with Gasteiger partial charge in [0.05, 0.1) is 12.2 Å². The second-order valence-electron chi connectivity index (χ2n) is 6.13. The zero-order valence-corrected chi connectivity index (χ0v) is 15.2. The van der Waals surface area contributed by atoms with E-state index in [1.54, 1.807) is 26.1 Å². The molecular formula is C18H20N6O2. The summed E-state index contributed by atoms with van der Waals surface area (Å²) in [5, 5.41) is 16.1. The van der Waals surface area contributed by atoms with Crippen molar-refractivity contribution in [3.8, 4) is 11.3 Å². The lowest BCUT2D eigenvalue weighted by Gasteiger charge is -2.15. The predicted octanol–water partition coefficient (Wildman–Crippen LogP) is 2.17. The van der Waals surface area contributed by atoms with E-state index in [-0.39, 0.29) is 12.5 Å². The minimum absolute atomic E-state index is 0.138. The van der Waals surface area contributed by atoms with E-state index in [0.29, 0.717) is 23.0 Å². The first-order chi connectivity index (χ1) is 12.4. The van der Waals surface area contributed by atoms with Gasteiger partial charge in [-0.05, 0) is 24.3 Å². The number of hydrogen-bond acceptors (Lipinski definition) is 7. The van der Waals surface area contributed by atoms with E-state index in [2.05, 4.69) is 20.4 Å². The highest BCUT2D eigenvalue weighted by Gasteiger charge is 2.16. The number of rotatable bonds is 5. The fourth-order valence-electron chi connectivity index (χ4n) is 2.43. The van der Waals surface area contributed by atoms with Crippen LogP contribution in [0.4, 0.5) is 5.82 Å². The Balaban J connectivity index is 1.78. The molecule has 0 aliphatic heterocycles. The van der Waals surface area contributed by atoms with Gasteiger partial charge in [-0.3, -0.25) is 4.79 Å². The van der Waals surface area contributed by atoms with Crippen molar-refractivity contribution in [2.45, 2.75) is 13.5 Å². The van der Waals surface area contributed by atoms with E-state index in [9.17, 15) is 4.79 Å². The minimum atomic E-state index is -0.138. The summed E-state index contributed by atoms with van der Waals surface area (Å²) in [4.78, 5) is 16.1. The molecule has 8 heteroatoms. The van der Waals surface area contributed by atoms with Gasteiger partial charge in [-0.15, -0.1) is 20.4 Å². The lowest BCUT2D eigenvalue weighted by atomic mass is 10.1. The second-order valence-corrected chi connectivity index (χ2v) is 6.13. The van der Waals surface area contributed by atoms with Crippen molar-refractivity contribution in [1.82, 2.24) is 25.3 Å². The molecular weight excluding hydrogens is 332 g/mol. The third-order valence-corrected chi connectivity index (χ3v) is 3.80. The van der Waals surface area contributed by atoms with Crippen LogP contribution in [0.1, 0.15) is 22.1 Å². The maximum Gasteiger partial charge on any atom is 0.254 e.